The quantitative estimate of drug-likeness (QED) is 0.196. The number of unbranched alkanes of at least 4 members (excludes halogenated alkanes) is 8. The number of allylic oxidation sites excluding steroid dienone is 4. The van der Waals surface area contributed by atoms with E-state index in [-0.39, 0.29) is 0 Å². The van der Waals surface area contributed by atoms with Crippen molar-refractivity contribution in [2.75, 3.05) is 0 Å². The van der Waals surface area contributed by atoms with Gasteiger partial charge in [-0.25, -0.2) is 0 Å². The standard InChI is InChI=1S/C16H28O/c1-2-3-4-5-6-7-8-9-10-11-12-13-14-15-16-17/h7-8,14-16H,2-6,9-13H2,1H3/b8-7?,15-14-. The highest BCUT2D eigenvalue weighted by atomic mass is 16.1. The summed E-state index contributed by atoms with van der Waals surface area (Å²) in [5.74, 6) is 0. The molecular formula is C16H28O. The lowest BCUT2D eigenvalue weighted by Gasteiger charge is -1.96. The lowest BCUT2D eigenvalue weighted by molar-refractivity contribution is -0.104. The number of aldehydes is 1. The highest BCUT2D eigenvalue weighted by Crippen LogP contribution is 2.06. The highest BCUT2D eigenvalue weighted by Gasteiger charge is 1.87. The van der Waals surface area contributed by atoms with Gasteiger partial charge in [-0.05, 0) is 44.6 Å². The van der Waals surface area contributed by atoms with Crippen LogP contribution in [0.2, 0.25) is 0 Å². The topological polar surface area (TPSA) is 17.1 Å². The van der Waals surface area contributed by atoms with Crippen molar-refractivity contribution in [2.45, 2.75) is 71.1 Å². The minimum atomic E-state index is 0.848. The van der Waals surface area contributed by atoms with Crippen LogP contribution in [0.1, 0.15) is 71.1 Å². The van der Waals surface area contributed by atoms with Crippen molar-refractivity contribution in [3.63, 3.8) is 0 Å². The molecular weight excluding hydrogens is 208 g/mol. The summed E-state index contributed by atoms with van der Waals surface area (Å²) >= 11 is 0. The van der Waals surface area contributed by atoms with Gasteiger partial charge in [-0.15, -0.1) is 0 Å². The van der Waals surface area contributed by atoms with Gasteiger partial charge in [-0.3, -0.25) is 4.79 Å². The van der Waals surface area contributed by atoms with E-state index in [0.717, 1.165) is 12.7 Å². The molecule has 0 N–H and O–H groups in total. The number of carbonyl (C=O) groups is 1. The Kier molecular flexibility index (Phi) is 14.4. The van der Waals surface area contributed by atoms with Crippen LogP contribution in [0.25, 0.3) is 0 Å². The first-order valence-electron chi connectivity index (χ1n) is 7.17. The maximum absolute atomic E-state index is 10.0. The number of hydrogen-bond acceptors (Lipinski definition) is 1. The fourth-order valence-electron chi connectivity index (χ4n) is 1.78. The van der Waals surface area contributed by atoms with Crippen molar-refractivity contribution in [1.29, 1.82) is 0 Å². The van der Waals surface area contributed by atoms with Crippen molar-refractivity contribution in [3.05, 3.63) is 24.3 Å². The summed E-state index contributed by atoms with van der Waals surface area (Å²) in [6, 6.07) is 0. The van der Waals surface area contributed by atoms with E-state index in [2.05, 4.69) is 19.1 Å². The molecule has 1 nitrogen and oxygen atoms in total. The van der Waals surface area contributed by atoms with Crippen molar-refractivity contribution in [3.8, 4) is 0 Å². The summed E-state index contributed by atoms with van der Waals surface area (Å²) in [5.41, 5.74) is 0. The third-order valence-corrected chi connectivity index (χ3v) is 2.85. The maximum Gasteiger partial charge on any atom is 0.142 e. The van der Waals surface area contributed by atoms with Gasteiger partial charge in [-0.1, -0.05) is 50.8 Å². The molecule has 0 aliphatic rings. The van der Waals surface area contributed by atoms with Gasteiger partial charge in [0.25, 0.3) is 0 Å². The third kappa shape index (κ3) is 15.1. The van der Waals surface area contributed by atoms with Gasteiger partial charge < -0.3 is 0 Å². The molecule has 0 rings (SSSR count). The van der Waals surface area contributed by atoms with Gasteiger partial charge in [0.1, 0.15) is 6.29 Å². The monoisotopic (exact) mass is 236 g/mol. The molecule has 0 aromatic heterocycles. The largest absolute Gasteiger partial charge is 0.299 e. The average Bonchev–Trinajstić information content (AvgIpc) is 2.35. The first-order chi connectivity index (χ1) is 8.41. The Hall–Kier alpha value is -0.850. The zero-order valence-corrected chi connectivity index (χ0v) is 11.4. The van der Waals surface area contributed by atoms with Crippen molar-refractivity contribution < 1.29 is 4.79 Å². The second-order valence-electron chi connectivity index (χ2n) is 4.52. The number of carbonyl (C=O) groups excluding carboxylic acids is 1. The zero-order chi connectivity index (χ0) is 12.6. The van der Waals surface area contributed by atoms with Crippen LogP contribution in [-0.2, 0) is 4.79 Å². The molecule has 1 heteroatoms. The van der Waals surface area contributed by atoms with Gasteiger partial charge >= 0.3 is 0 Å². The van der Waals surface area contributed by atoms with E-state index < -0.39 is 0 Å². The molecule has 98 valence electrons. The Balaban J connectivity index is 3.08. The molecule has 0 saturated carbocycles. The van der Waals surface area contributed by atoms with E-state index in [4.69, 9.17) is 0 Å². The van der Waals surface area contributed by atoms with Gasteiger partial charge in [0, 0.05) is 0 Å². The maximum atomic E-state index is 10.0. The Morgan fingerprint density at radius 2 is 1.24 bits per heavy atom. The Morgan fingerprint density at radius 3 is 1.76 bits per heavy atom. The van der Waals surface area contributed by atoms with Crippen molar-refractivity contribution in [1.82, 2.24) is 0 Å². The van der Waals surface area contributed by atoms with E-state index >= 15 is 0 Å². The van der Waals surface area contributed by atoms with Crippen molar-refractivity contribution >= 4 is 6.29 Å². The van der Waals surface area contributed by atoms with Crippen LogP contribution in [-0.4, -0.2) is 6.29 Å². The molecule has 0 bridgehead atoms. The van der Waals surface area contributed by atoms with Gasteiger partial charge in [-0.2, -0.15) is 0 Å². The fourth-order valence-corrected chi connectivity index (χ4v) is 1.78. The van der Waals surface area contributed by atoms with E-state index in [1.807, 2.05) is 6.08 Å². The van der Waals surface area contributed by atoms with E-state index in [0.29, 0.717) is 0 Å². The molecule has 0 aromatic rings. The van der Waals surface area contributed by atoms with Gasteiger partial charge in [0.15, 0.2) is 0 Å². The van der Waals surface area contributed by atoms with Crippen molar-refractivity contribution in [2.24, 2.45) is 0 Å². The molecule has 17 heavy (non-hydrogen) atoms. The first-order valence-corrected chi connectivity index (χ1v) is 7.17. The van der Waals surface area contributed by atoms with Crippen LogP contribution in [0.5, 0.6) is 0 Å². The number of hydrogen-bond donors (Lipinski definition) is 0. The molecule has 0 aromatic carbocycles. The Morgan fingerprint density at radius 1 is 0.706 bits per heavy atom. The number of rotatable bonds is 12. The summed E-state index contributed by atoms with van der Waals surface area (Å²) in [5, 5.41) is 0. The third-order valence-electron chi connectivity index (χ3n) is 2.85. The summed E-state index contributed by atoms with van der Waals surface area (Å²) in [4.78, 5) is 10.0. The van der Waals surface area contributed by atoms with Crippen LogP contribution < -0.4 is 0 Å². The molecule has 0 aliphatic heterocycles. The summed E-state index contributed by atoms with van der Waals surface area (Å²) < 4.78 is 0. The molecule has 0 atom stereocenters. The van der Waals surface area contributed by atoms with Gasteiger partial charge in [0.2, 0.25) is 0 Å². The summed E-state index contributed by atoms with van der Waals surface area (Å²) in [6.07, 6.45) is 21.7. The Bertz CT molecular complexity index is 204. The molecule has 0 fully saturated rings. The van der Waals surface area contributed by atoms with Crippen LogP contribution in [0.4, 0.5) is 0 Å². The second kappa shape index (κ2) is 15.1. The molecule has 0 saturated heterocycles. The lowest BCUT2D eigenvalue weighted by atomic mass is 10.1. The predicted molar refractivity (Wildman–Crippen MR) is 76.2 cm³/mol. The molecule has 0 heterocycles. The summed E-state index contributed by atoms with van der Waals surface area (Å²) in [7, 11) is 0. The molecule has 0 spiro atoms. The lowest BCUT2D eigenvalue weighted by Crippen LogP contribution is -1.76. The average molecular weight is 236 g/mol. The minimum absolute atomic E-state index is 0.848. The van der Waals surface area contributed by atoms with E-state index in [1.54, 1.807) is 6.08 Å². The van der Waals surface area contributed by atoms with Crippen LogP contribution >= 0.6 is 0 Å². The Labute approximate surface area is 107 Å². The van der Waals surface area contributed by atoms with Crippen LogP contribution in [0, 0.1) is 0 Å². The SMILES string of the molecule is CCCCCCC=CCCCCC/C=C\C=O. The van der Waals surface area contributed by atoms with E-state index in [1.165, 1.54) is 57.8 Å². The van der Waals surface area contributed by atoms with Crippen LogP contribution in [0.3, 0.4) is 0 Å². The first kappa shape index (κ1) is 16.1. The zero-order valence-electron chi connectivity index (χ0n) is 11.4. The molecule has 0 aliphatic carbocycles. The van der Waals surface area contributed by atoms with Crippen LogP contribution in [0.15, 0.2) is 24.3 Å². The van der Waals surface area contributed by atoms with E-state index in [9.17, 15) is 4.79 Å². The predicted octanol–water partition coefficient (Wildman–Crippen LogP) is 5.22. The van der Waals surface area contributed by atoms with Gasteiger partial charge in [0.05, 0.1) is 0 Å². The molecule has 0 amide bonds. The minimum Gasteiger partial charge on any atom is -0.299 e. The highest BCUT2D eigenvalue weighted by molar-refractivity contribution is 5.64. The normalized spacial score (nSPS) is 11.6. The smallest absolute Gasteiger partial charge is 0.142 e. The second-order valence-corrected chi connectivity index (χ2v) is 4.52. The summed E-state index contributed by atoms with van der Waals surface area (Å²) in [6.45, 7) is 2.25. The fraction of sp³-hybridized carbons (Fsp3) is 0.688. The molecule has 0 radical (unpaired) electrons. The molecule has 0 unspecified atom stereocenters.